The van der Waals surface area contributed by atoms with E-state index >= 15 is 0 Å². The topological polar surface area (TPSA) is 137 Å². The maximum atomic E-state index is 14.0. The molecule has 4 N–H and O–H groups in total. The van der Waals surface area contributed by atoms with Gasteiger partial charge in [0.25, 0.3) is 11.8 Å². The number of nitrogens with zero attached hydrogens (tertiary/aromatic N) is 3. The van der Waals surface area contributed by atoms with Gasteiger partial charge in [-0.05, 0) is 79.3 Å². The van der Waals surface area contributed by atoms with E-state index in [1.54, 1.807) is 32.0 Å². The lowest BCUT2D eigenvalue weighted by molar-refractivity contribution is -0.145. The lowest BCUT2D eigenvalue weighted by Crippen LogP contribution is -2.40. The number of hydrogen-bond donors (Lipinski definition) is 3. The van der Waals surface area contributed by atoms with E-state index in [2.05, 4.69) is 19.8 Å². The van der Waals surface area contributed by atoms with E-state index in [9.17, 15) is 26.8 Å². The number of nitrogens with one attached hydrogen (secondary N) is 2. The lowest BCUT2D eigenvalue weighted by atomic mass is 9.93. The number of likely N-dealkylation sites (N-methyl/N-ethyl adjacent to an activating group) is 1. The van der Waals surface area contributed by atoms with Crippen LogP contribution in [0.5, 0.6) is 0 Å². The molecule has 2 aromatic carbocycles. The van der Waals surface area contributed by atoms with E-state index in [0.717, 1.165) is 55.8 Å². The Morgan fingerprint density at radius 3 is 2.20 bits per heavy atom. The normalized spacial score (nSPS) is 20.3. The smallest absolute Gasteiger partial charge is 0.323 e. The molecule has 11 nitrogen and oxygen atoms in total. The van der Waals surface area contributed by atoms with Crippen LogP contribution in [0, 0.1) is 11.3 Å². The summed E-state index contributed by atoms with van der Waals surface area (Å²) in [4.78, 5) is 32.3. The Kier molecular flexibility index (Phi) is 9.75. The van der Waals surface area contributed by atoms with Crippen molar-refractivity contribution < 1.29 is 31.5 Å². The number of carbonyl (C=O) groups excluding carboxylic acids is 2. The Balaban J connectivity index is 1.22. The monoisotopic (exact) mass is 702 g/mol. The SMILES string of the molecule is CC(C)[C@H](N)C(=O)OCCS(=O)(=O)Nc1ccc(C(=O)Nc2cc3c(c(N4CCC(F)(F)CC4)c2)N(C)CC3)c(N2CCC3(CC2)CC3)c1. The van der Waals surface area contributed by atoms with Crippen molar-refractivity contribution >= 4 is 50.3 Å². The summed E-state index contributed by atoms with van der Waals surface area (Å²) in [6, 6.07) is 7.87. The highest BCUT2D eigenvalue weighted by Crippen LogP contribution is 2.54. The average molecular weight is 703 g/mol. The minimum absolute atomic E-state index is 0.141. The summed E-state index contributed by atoms with van der Waals surface area (Å²) in [6.45, 7) is 5.98. The zero-order valence-electron chi connectivity index (χ0n) is 28.6. The molecule has 2 aromatic rings. The molecular weight excluding hydrogens is 654 g/mol. The maximum absolute atomic E-state index is 14.0. The minimum atomic E-state index is -3.89. The van der Waals surface area contributed by atoms with Crippen molar-refractivity contribution in [2.45, 2.75) is 70.8 Å². The molecule has 1 atom stereocenters. The molecule has 1 spiro atoms. The van der Waals surface area contributed by atoms with Crippen LogP contribution in [0.1, 0.15) is 68.3 Å². The molecule has 4 aliphatic rings. The summed E-state index contributed by atoms with van der Waals surface area (Å²) in [7, 11) is -1.90. The fraction of sp³-hybridized carbons (Fsp3) is 0.600. The van der Waals surface area contributed by atoms with Gasteiger partial charge in [-0.1, -0.05) is 13.8 Å². The van der Waals surface area contributed by atoms with E-state index in [0.29, 0.717) is 28.0 Å². The predicted molar refractivity (Wildman–Crippen MR) is 189 cm³/mol. The highest BCUT2D eigenvalue weighted by atomic mass is 32.2. The molecular formula is C35H48F2N6O5S. The number of carbonyl (C=O) groups is 2. The van der Waals surface area contributed by atoms with Gasteiger partial charge in [0.2, 0.25) is 10.0 Å². The largest absolute Gasteiger partial charge is 0.463 e. The van der Waals surface area contributed by atoms with Crippen LogP contribution < -0.4 is 30.5 Å². The number of anilines is 5. The number of halogens is 2. The van der Waals surface area contributed by atoms with Gasteiger partial charge in [0, 0.05) is 58.3 Å². The van der Waals surface area contributed by atoms with E-state index in [-0.39, 0.29) is 44.4 Å². The van der Waals surface area contributed by atoms with Gasteiger partial charge in [-0.3, -0.25) is 14.3 Å². The second-order valence-corrected chi connectivity index (χ2v) is 16.4. The highest BCUT2D eigenvalue weighted by Gasteiger charge is 2.45. The summed E-state index contributed by atoms with van der Waals surface area (Å²) in [5.74, 6) is -4.25. The number of ether oxygens (including phenoxy) is 1. The zero-order valence-corrected chi connectivity index (χ0v) is 29.4. The van der Waals surface area contributed by atoms with Crippen molar-refractivity contribution in [2.24, 2.45) is 17.1 Å². The van der Waals surface area contributed by atoms with Crippen molar-refractivity contribution in [3.05, 3.63) is 41.5 Å². The van der Waals surface area contributed by atoms with Gasteiger partial charge < -0.3 is 30.5 Å². The standard InChI is InChI=1S/C35H48F2N6O5S/c1-23(2)30(38)33(45)48-18-19-49(46,47)40-25-4-5-27(28(21-25)42-14-9-34(7-8-34)10-15-42)32(44)39-26-20-24-6-13-41(3)31(24)29(22-26)43-16-11-35(36,37)12-17-43/h4-5,20-23,30,40H,6-19,38H2,1-3H3,(H,39,44)/t30-/m0/s1. The van der Waals surface area contributed by atoms with Crippen molar-refractivity contribution in [1.29, 1.82) is 0 Å². The number of hydrogen-bond acceptors (Lipinski definition) is 9. The van der Waals surface area contributed by atoms with Gasteiger partial charge in [0.1, 0.15) is 18.4 Å². The minimum Gasteiger partial charge on any atom is -0.463 e. The highest BCUT2D eigenvalue weighted by molar-refractivity contribution is 7.92. The molecule has 49 heavy (non-hydrogen) atoms. The first-order chi connectivity index (χ1) is 23.1. The molecule has 268 valence electrons. The fourth-order valence-corrected chi connectivity index (χ4v) is 7.98. The summed E-state index contributed by atoms with van der Waals surface area (Å²) in [5, 5.41) is 3.07. The van der Waals surface area contributed by atoms with Crippen LogP contribution in [0.15, 0.2) is 30.3 Å². The molecule has 0 unspecified atom stereocenters. The number of amides is 1. The number of rotatable bonds is 11. The van der Waals surface area contributed by atoms with Crippen molar-refractivity contribution in [3.63, 3.8) is 0 Å². The van der Waals surface area contributed by atoms with E-state index in [1.165, 1.54) is 12.8 Å². The molecule has 3 fully saturated rings. The molecule has 3 aliphatic heterocycles. The maximum Gasteiger partial charge on any atom is 0.323 e. The molecule has 1 saturated carbocycles. The number of esters is 1. The molecule has 2 saturated heterocycles. The molecule has 6 rings (SSSR count). The second kappa shape index (κ2) is 13.6. The van der Waals surface area contributed by atoms with E-state index in [4.69, 9.17) is 10.5 Å². The van der Waals surface area contributed by atoms with Crippen LogP contribution in [-0.2, 0) is 26.0 Å². The van der Waals surface area contributed by atoms with E-state index < -0.39 is 33.7 Å². The van der Waals surface area contributed by atoms with Crippen LogP contribution in [0.4, 0.5) is 37.2 Å². The third kappa shape index (κ3) is 8.06. The Hall–Kier alpha value is -3.65. The van der Waals surface area contributed by atoms with Gasteiger partial charge in [0.15, 0.2) is 0 Å². The van der Waals surface area contributed by atoms with Crippen LogP contribution in [-0.4, -0.2) is 84.4 Å². The van der Waals surface area contributed by atoms with Gasteiger partial charge in [-0.15, -0.1) is 0 Å². The predicted octanol–water partition coefficient (Wildman–Crippen LogP) is 4.82. The first-order valence-electron chi connectivity index (χ1n) is 17.3. The Labute approximate surface area is 287 Å². The fourth-order valence-electron chi connectivity index (χ4n) is 7.09. The van der Waals surface area contributed by atoms with Crippen LogP contribution in [0.25, 0.3) is 0 Å². The van der Waals surface area contributed by atoms with Crippen LogP contribution >= 0.6 is 0 Å². The number of fused-ring (bicyclic) bond motifs is 1. The number of sulfonamides is 1. The third-order valence-electron chi connectivity index (χ3n) is 10.6. The average Bonchev–Trinajstić information content (AvgIpc) is 3.70. The second-order valence-electron chi connectivity index (χ2n) is 14.5. The number of benzene rings is 2. The molecule has 0 aromatic heterocycles. The van der Waals surface area contributed by atoms with Crippen molar-refractivity contribution in [3.8, 4) is 0 Å². The first kappa shape index (κ1) is 35.2. The lowest BCUT2D eigenvalue weighted by Gasteiger charge is -2.36. The Bertz CT molecular complexity index is 1680. The Morgan fingerprint density at radius 1 is 0.918 bits per heavy atom. The van der Waals surface area contributed by atoms with Crippen molar-refractivity contribution in [1.82, 2.24) is 0 Å². The summed E-state index contributed by atoms with van der Waals surface area (Å²) >= 11 is 0. The zero-order chi connectivity index (χ0) is 35.1. The Morgan fingerprint density at radius 2 is 1.55 bits per heavy atom. The van der Waals surface area contributed by atoms with Crippen LogP contribution in [0.3, 0.4) is 0 Å². The number of nitrogens with two attached hydrogens (primary N) is 1. The first-order valence-corrected chi connectivity index (χ1v) is 18.9. The van der Waals surface area contributed by atoms with Gasteiger partial charge >= 0.3 is 5.97 Å². The summed E-state index contributed by atoms with van der Waals surface area (Å²) in [6.07, 6.45) is 4.80. The van der Waals surface area contributed by atoms with Gasteiger partial charge in [-0.2, -0.15) is 0 Å². The molecule has 14 heteroatoms. The molecule has 0 bridgehead atoms. The van der Waals surface area contributed by atoms with Gasteiger partial charge in [-0.25, -0.2) is 17.2 Å². The third-order valence-corrected chi connectivity index (χ3v) is 11.8. The number of alkyl halides is 2. The van der Waals surface area contributed by atoms with Crippen molar-refractivity contribution in [2.75, 3.05) is 76.9 Å². The quantitative estimate of drug-likeness (QED) is 0.282. The molecule has 0 radical (unpaired) electrons. The van der Waals surface area contributed by atoms with Gasteiger partial charge in [0.05, 0.1) is 28.3 Å². The summed E-state index contributed by atoms with van der Waals surface area (Å²) < 4.78 is 61.6. The molecule has 1 aliphatic carbocycles. The molecule has 3 heterocycles. The number of piperidine rings is 2. The van der Waals surface area contributed by atoms with Crippen LogP contribution in [0.2, 0.25) is 0 Å². The van der Waals surface area contributed by atoms with E-state index in [1.807, 2.05) is 24.1 Å². The summed E-state index contributed by atoms with van der Waals surface area (Å²) in [5.41, 5.74) is 11.0. The molecule has 1 amide bonds.